The van der Waals surface area contributed by atoms with Gasteiger partial charge in [-0.05, 0) is 30.7 Å². The van der Waals surface area contributed by atoms with Crippen molar-refractivity contribution in [1.82, 2.24) is 4.98 Å². The van der Waals surface area contributed by atoms with E-state index in [1.54, 1.807) is 18.2 Å². The lowest BCUT2D eigenvalue weighted by Crippen LogP contribution is -2.06. The molecule has 0 aliphatic carbocycles. The Bertz CT molecular complexity index is 743. The first-order valence-electron chi connectivity index (χ1n) is 6.77. The van der Waals surface area contributed by atoms with E-state index >= 15 is 0 Å². The maximum absolute atomic E-state index is 13.4. The van der Waals surface area contributed by atoms with E-state index in [0.717, 1.165) is 0 Å². The minimum absolute atomic E-state index is 0.430. The second kappa shape index (κ2) is 7.62. The third-order valence-corrected chi connectivity index (χ3v) is 2.88. The fraction of sp³-hybridized carbons (Fsp3) is 0.200. The third kappa shape index (κ3) is 3.73. The van der Waals surface area contributed by atoms with Crippen molar-refractivity contribution in [2.75, 3.05) is 19.1 Å². The molecule has 0 aliphatic rings. The summed E-state index contributed by atoms with van der Waals surface area (Å²) in [6.45, 7) is 2.26. The molecule has 0 amide bonds. The minimum atomic E-state index is -1.77. The zero-order valence-electron chi connectivity index (χ0n) is 12.7. The summed E-state index contributed by atoms with van der Waals surface area (Å²) < 4.78 is 63.2. The van der Waals surface area contributed by atoms with Crippen molar-refractivity contribution in [3.63, 3.8) is 0 Å². The molecule has 0 atom stereocenters. The zero-order valence-corrected chi connectivity index (χ0v) is 12.7. The van der Waals surface area contributed by atoms with Gasteiger partial charge in [0.1, 0.15) is 5.69 Å². The summed E-state index contributed by atoms with van der Waals surface area (Å²) in [5.41, 5.74) is 1.34. The molecule has 0 saturated carbocycles. The topological polar surface area (TPSA) is 55.7 Å². The highest BCUT2D eigenvalue weighted by Gasteiger charge is 2.20. The molecule has 0 bridgehead atoms. The molecular weight excluding hydrogens is 330 g/mol. The van der Waals surface area contributed by atoms with Crippen LogP contribution in [0.5, 0.6) is 11.5 Å². The third-order valence-electron chi connectivity index (χ3n) is 2.88. The largest absolute Gasteiger partial charge is 0.493 e. The van der Waals surface area contributed by atoms with Crippen molar-refractivity contribution < 1.29 is 27.0 Å². The lowest BCUT2D eigenvalue weighted by Gasteiger charge is -2.09. The fourth-order valence-electron chi connectivity index (χ4n) is 1.80. The van der Waals surface area contributed by atoms with Gasteiger partial charge in [-0.2, -0.15) is 27.6 Å². The summed E-state index contributed by atoms with van der Waals surface area (Å²) in [6, 6.07) is 4.80. The van der Waals surface area contributed by atoms with Crippen LogP contribution in [0.15, 0.2) is 23.3 Å². The normalized spacial score (nSPS) is 10.9. The first-order chi connectivity index (χ1) is 11.5. The van der Waals surface area contributed by atoms with Crippen molar-refractivity contribution in [2.45, 2.75) is 6.92 Å². The maximum Gasteiger partial charge on any atom is 0.254 e. The molecular formula is C15H13F4N3O2. The highest BCUT2D eigenvalue weighted by molar-refractivity contribution is 5.81. The molecule has 1 heterocycles. The number of pyridine rings is 1. The number of nitrogens with zero attached hydrogens (tertiary/aromatic N) is 2. The Labute approximate surface area is 134 Å². The number of benzene rings is 1. The molecule has 1 N–H and O–H groups in total. The molecule has 0 unspecified atom stereocenters. The van der Waals surface area contributed by atoms with Crippen molar-refractivity contribution in [1.29, 1.82) is 0 Å². The van der Waals surface area contributed by atoms with Crippen molar-refractivity contribution in [2.24, 2.45) is 5.10 Å². The van der Waals surface area contributed by atoms with E-state index in [2.05, 4.69) is 10.1 Å². The molecule has 5 nitrogen and oxygen atoms in total. The number of hydrazone groups is 1. The van der Waals surface area contributed by atoms with Crippen LogP contribution in [0.25, 0.3) is 0 Å². The van der Waals surface area contributed by atoms with Crippen molar-refractivity contribution >= 4 is 11.9 Å². The van der Waals surface area contributed by atoms with Gasteiger partial charge in [-0.3, -0.25) is 5.43 Å². The Balaban J connectivity index is 2.21. The van der Waals surface area contributed by atoms with Crippen LogP contribution < -0.4 is 14.9 Å². The molecule has 0 spiro atoms. The molecule has 2 rings (SSSR count). The summed E-state index contributed by atoms with van der Waals surface area (Å²) in [5, 5.41) is 3.55. The van der Waals surface area contributed by atoms with E-state index in [1.165, 1.54) is 13.3 Å². The van der Waals surface area contributed by atoms with Crippen LogP contribution in [0.3, 0.4) is 0 Å². The fourth-order valence-corrected chi connectivity index (χ4v) is 1.80. The second-order valence-corrected chi connectivity index (χ2v) is 4.41. The summed E-state index contributed by atoms with van der Waals surface area (Å²) in [7, 11) is 1.45. The predicted molar refractivity (Wildman–Crippen MR) is 79.4 cm³/mol. The van der Waals surface area contributed by atoms with Gasteiger partial charge in [0.25, 0.3) is 11.9 Å². The summed E-state index contributed by atoms with van der Waals surface area (Å²) >= 11 is 0. The van der Waals surface area contributed by atoms with Crippen LogP contribution >= 0.6 is 0 Å². The maximum atomic E-state index is 13.4. The molecule has 9 heteroatoms. The molecule has 0 fully saturated rings. The van der Waals surface area contributed by atoms with E-state index in [1.807, 2.05) is 12.3 Å². The average molecular weight is 343 g/mol. The average Bonchev–Trinajstić information content (AvgIpc) is 2.57. The van der Waals surface area contributed by atoms with Gasteiger partial charge in [0.2, 0.25) is 11.6 Å². The first kappa shape index (κ1) is 17.5. The summed E-state index contributed by atoms with van der Waals surface area (Å²) in [5.74, 6) is -5.94. The van der Waals surface area contributed by atoms with Gasteiger partial charge in [0, 0.05) is 0 Å². The zero-order chi connectivity index (χ0) is 17.7. The van der Waals surface area contributed by atoms with Gasteiger partial charge in [-0.1, -0.05) is 0 Å². The van der Waals surface area contributed by atoms with E-state index < -0.39 is 29.2 Å². The molecule has 0 aliphatic heterocycles. The van der Waals surface area contributed by atoms with Gasteiger partial charge in [-0.15, -0.1) is 0 Å². The number of nitrogens with one attached hydrogen (secondary N) is 1. The first-order valence-corrected chi connectivity index (χ1v) is 6.77. The number of rotatable bonds is 6. The smallest absolute Gasteiger partial charge is 0.254 e. The Hall–Kier alpha value is -2.84. The molecule has 0 radical (unpaired) electrons. The van der Waals surface area contributed by atoms with Crippen molar-refractivity contribution in [3.8, 4) is 11.5 Å². The number of hydrogen-bond acceptors (Lipinski definition) is 5. The van der Waals surface area contributed by atoms with Crippen LogP contribution in [0, 0.1) is 23.5 Å². The van der Waals surface area contributed by atoms with Gasteiger partial charge >= 0.3 is 0 Å². The molecule has 0 saturated heterocycles. The molecule has 2 aromatic rings. The van der Waals surface area contributed by atoms with Crippen LogP contribution in [0.1, 0.15) is 12.5 Å². The minimum Gasteiger partial charge on any atom is -0.493 e. The number of ether oxygens (including phenoxy) is 2. The lowest BCUT2D eigenvalue weighted by atomic mass is 10.2. The van der Waals surface area contributed by atoms with E-state index in [4.69, 9.17) is 9.47 Å². The molecule has 24 heavy (non-hydrogen) atoms. The Morgan fingerprint density at radius 3 is 2.38 bits per heavy atom. The van der Waals surface area contributed by atoms with Gasteiger partial charge < -0.3 is 9.47 Å². The van der Waals surface area contributed by atoms with Crippen LogP contribution in [-0.2, 0) is 0 Å². The van der Waals surface area contributed by atoms with Crippen molar-refractivity contribution in [3.05, 3.63) is 47.3 Å². The Morgan fingerprint density at radius 1 is 1.12 bits per heavy atom. The number of hydrogen-bond donors (Lipinski definition) is 1. The van der Waals surface area contributed by atoms with Crippen LogP contribution in [0.4, 0.5) is 23.2 Å². The van der Waals surface area contributed by atoms with Gasteiger partial charge in [0.05, 0.1) is 19.9 Å². The Kier molecular flexibility index (Phi) is 5.56. The summed E-state index contributed by atoms with van der Waals surface area (Å²) in [4.78, 5) is 2.44. The standard InChI is InChI=1S/C15H13F4N3O2/c1-3-24-9-5-4-8(6-10(9)23-2)7-20-22-13-11(16)14(18)21-15(19)12(13)17/h4-7H,3H2,1-2H3,(H,21,22)/b20-7-. The lowest BCUT2D eigenvalue weighted by molar-refractivity contribution is 0.311. The number of aromatic nitrogens is 1. The monoisotopic (exact) mass is 343 g/mol. The predicted octanol–water partition coefficient (Wildman–Crippen LogP) is 3.49. The molecule has 1 aromatic carbocycles. The van der Waals surface area contributed by atoms with E-state index in [9.17, 15) is 17.6 Å². The highest BCUT2D eigenvalue weighted by Crippen LogP contribution is 2.27. The number of anilines is 1. The van der Waals surface area contributed by atoms with Crippen LogP contribution in [-0.4, -0.2) is 24.9 Å². The SMILES string of the molecule is CCOc1ccc(/C=N\Nc2c(F)c(F)nc(F)c2F)cc1OC. The second-order valence-electron chi connectivity index (χ2n) is 4.41. The Morgan fingerprint density at radius 2 is 1.79 bits per heavy atom. The van der Waals surface area contributed by atoms with E-state index in [0.29, 0.717) is 23.7 Å². The molecule has 128 valence electrons. The quantitative estimate of drug-likeness (QED) is 0.378. The van der Waals surface area contributed by atoms with E-state index in [-0.39, 0.29) is 0 Å². The summed E-state index contributed by atoms with van der Waals surface area (Å²) in [6.07, 6.45) is 1.19. The van der Waals surface area contributed by atoms with Gasteiger partial charge in [-0.25, -0.2) is 0 Å². The van der Waals surface area contributed by atoms with Gasteiger partial charge in [0.15, 0.2) is 11.5 Å². The van der Waals surface area contributed by atoms with Crippen LogP contribution in [0.2, 0.25) is 0 Å². The molecule has 1 aromatic heterocycles. The highest BCUT2D eigenvalue weighted by atomic mass is 19.2. The number of halogens is 4. The number of methoxy groups -OCH3 is 1.